The third-order valence-corrected chi connectivity index (χ3v) is 4.77. The van der Waals surface area contributed by atoms with Gasteiger partial charge < -0.3 is 15.2 Å². The fraction of sp³-hybridized carbons (Fsp3) is 0.500. The molecule has 1 unspecified atom stereocenters. The van der Waals surface area contributed by atoms with Gasteiger partial charge in [-0.2, -0.15) is 0 Å². The molecule has 0 spiro atoms. The van der Waals surface area contributed by atoms with E-state index in [0.29, 0.717) is 22.7 Å². The van der Waals surface area contributed by atoms with Crippen LogP contribution in [0.1, 0.15) is 55.6 Å². The van der Waals surface area contributed by atoms with Crippen molar-refractivity contribution in [2.24, 2.45) is 5.41 Å². The van der Waals surface area contributed by atoms with Crippen molar-refractivity contribution in [2.45, 2.75) is 47.1 Å². The van der Waals surface area contributed by atoms with Crippen molar-refractivity contribution in [1.82, 2.24) is 9.97 Å². The first kappa shape index (κ1) is 19.3. The van der Waals surface area contributed by atoms with Crippen LogP contribution in [0.4, 0.5) is 5.69 Å². The molecular formula is C18H25N3O3S. The number of aliphatic hydroxyl groups is 1. The number of carbonyl (C=O) groups is 1. The minimum atomic E-state index is -0.958. The lowest BCUT2D eigenvalue weighted by Crippen LogP contribution is -2.29. The number of ether oxygens (including phenoxy) is 1. The van der Waals surface area contributed by atoms with E-state index in [-0.39, 0.29) is 11.8 Å². The van der Waals surface area contributed by atoms with Gasteiger partial charge in [-0.15, -0.1) is 11.3 Å². The molecule has 136 valence electrons. The number of pyridine rings is 1. The predicted octanol–water partition coefficient (Wildman–Crippen LogP) is 3.48. The average molecular weight is 363 g/mol. The molecule has 2 heterocycles. The third kappa shape index (κ3) is 3.99. The number of rotatable bonds is 5. The molecular weight excluding hydrogens is 338 g/mol. The number of nitrogens with zero attached hydrogens (tertiary/aromatic N) is 2. The predicted molar refractivity (Wildman–Crippen MR) is 99.2 cm³/mol. The number of aliphatic hydroxyl groups excluding tert-OH is 1. The number of aryl methyl sites for hydroxylation is 1. The summed E-state index contributed by atoms with van der Waals surface area (Å²) in [7, 11) is 1.50. The molecule has 0 bridgehead atoms. The largest absolute Gasteiger partial charge is 0.479 e. The first-order valence-corrected chi connectivity index (χ1v) is 9.04. The highest BCUT2D eigenvalue weighted by atomic mass is 32.1. The van der Waals surface area contributed by atoms with Crippen LogP contribution >= 0.6 is 11.3 Å². The Morgan fingerprint density at radius 1 is 1.44 bits per heavy atom. The van der Waals surface area contributed by atoms with E-state index in [9.17, 15) is 9.90 Å². The first-order valence-electron chi connectivity index (χ1n) is 8.16. The lowest BCUT2D eigenvalue weighted by atomic mass is 9.94. The maximum Gasteiger partial charge on any atom is 0.238 e. The maximum atomic E-state index is 12.6. The second kappa shape index (κ2) is 7.49. The molecule has 1 atom stereocenters. The minimum Gasteiger partial charge on any atom is -0.479 e. The minimum absolute atomic E-state index is 0.175. The molecule has 2 aromatic rings. The lowest BCUT2D eigenvalue weighted by Gasteiger charge is -2.24. The molecule has 7 heteroatoms. The van der Waals surface area contributed by atoms with Gasteiger partial charge in [0.25, 0.3) is 0 Å². The van der Waals surface area contributed by atoms with Gasteiger partial charge >= 0.3 is 0 Å². The molecule has 0 radical (unpaired) electrons. The van der Waals surface area contributed by atoms with Crippen molar-refractivity contribution < 1.29 is 14.6 Å². The standard InChI is InChI=1S/C18H25N3O3S/c1-7-11-10(2)20-15(24-6)13(21-17(23)18(3,4)5)12(11)14(22)16-19-8-9-25-16/h8-9,14,22H,7H2,1-6H3,(H,21,23). The van der Waals surface area contributed by atoms with Crippen molar-refractivity contribution in [2.75, 3.05) is 12.4 Å². The van der Waals surface area contributed by atoms with Gasteiger partial charge in [-0.3, -0.25) is 4.79 Å². The summed E-state index contributed by atoms with van der Waals surface area (Å²) in [5, 5.41) is 16.2. The summed E-state index contributed by atoms with van der Waals surface area (Å²) in [5.74, 6) is 0.115. The van der Waals surface area contributed by atoms with Gasteiger partial charge in [0.15, 0.2) is 0 Å². The zero-order valence-electron chi connectivity index (χ0n) is 15.5. The van der Waals surface area contributed by atoms with Gasteiger partial charge in [0.05, 0.1) is 7.11 Å². The highest BCUT2D eigenvalue weighted by Crippen LogP contribution is 2.39. The van der Waals surface area contributed by atoms with Crippen LogP contribution in [0, 0.1) is 12.3 Å². The summed E-state index contributed by atoms with van der Waals surface area (Å²) in [6, 6.07) is 0. The van der Waals surface area contributed by atoms with E-state index in [0.717, 1.165) is 11.3 Å². The molecule has 0 saturated carbocycles. The number of methoxy groups -OCH3 is 1. The molecule has 2 rings (SSSR count). The maximum absolute atomic E-state index is 12.6. The number of thiazole rings is 1. The number of carbonyl (C=O) groups excluding carboxylic acids is 1. The summed E-state index contributed by atoms with van der Waals surface area (Å²) in [5.41, 5.74) is 2.06. The Morgan fingerprint density at radius 3 is 2.60 bits per heavy atom. The Labute approximate surface area is 152 Å². The fourth-order valence-corrected chi connectivity index (χ4v) is 3.18. The van der Waals surface area contributed by atoms with Gasteiger partial charge in [0, 0.05) is 28.2 Å². The number of hydrogen-bond donors (Lipinski definition) is 2. The number of anilines is 1. The normalized spacial score (nSPS) is 12.8. The van der Waals surface area contributed by atoms with Gasteiger partial charge in [-0.05, 0) is 18.9 Å². The zero-order chi connectivity index (χ0) is 18.8. The van der Waals surface area contributed by atoms with Crippen LogP contribution in [0.3, 0.4) is 0 Å². The Kier molecular flexibility index (Phi) is 5.80. The number of aromatic nitrogens is 2. The average Bonchev–Trinajstić information content (AvgIpc) is 3.08. The summed E-state index contributed by atoms with van der Waals surface area (Å²) in [4.78, 5) is 21.2. The molecule has 2 aromatic heterocycles. The molecule has 0 aliphatic carbocycles. The monoisotopic (exact) mass is 363 g/mol. The van der Waals surface area contributed by atoms with Crippen molar-refractivity contribution >= 4 is 22.9 Å². The molecule has 0 aromatic carbocycles. The zero-order valence-corrected chi connectivity index (χ0v) is 16.3. The van der Waals surface area contributed by atoms with Crippen LogP contribution in [-0.4, -0.2) is 28.1 Å². The summed E-state index contributed by atoms with van der Waals surface area (Å²) >= 11 is 1.36. The lowest BCUT2D eigenvalue weighted by molar-refractivity contribution is -0.123. The molecule has 0 aliphatic heterocycles. The van der Waals surface area contributed by atoms with Crippen LogP contribution in [0.5, 0.6) is 5.88 Å². The second-order valence-electron chi connectivity index (χ2n) is 6.80. The second-order valence-corrected chi connectivity index (χ2v) is 7.73. The molecule has 0 aliphatic rings. The highest BCUT2D eigenvalue weighted by molar-refractivity contribution is 7.09. The highest BCUT2D eigenvalue weighted by Gasteiger charge is 2.29. The van der Waals surface area contributed by atoms with E-state index < -0.39 is 11.5 Å². The van der Waals surface area contributed by atoms with Crippen molar-refractivity contribution in [3.05, 3.63) is 33.4 Å². The van der Waals surface area contributed by atoms with E-state index >= 15 is 0 Å². The number of hydrogen-bond acceptors (Lipinski definition) is 6. The van der Waals surface area contributed by atoms with Crippen molar-refractivity contribution in [3.63, 3.8) is 0 Å². The summed E-state index contributed by atoms with van der Waals surface area (Å²) in [6.45, 7) is 9.34. The van der Waals surface area contributed by atoms with Gasteiger partial charge in [-0.25, -0.2) is 9.97 Å². The van der Waals surface area contributed by atoms with Crippen molar-refractivity contribution in [3.8, 4) is 5.88 Å². The van der Waals surface area contributed by atoms with Crippen LogP contribution in [0.2, 0.25) is 0 Å². The Hall–Kier alpha value is -1.99. The topological polar surface area (TPSA) is 84.3 Å². The van der Waals surface area contributed by atoms with Crippen molar-refractivity contribution in [1.29, 1.82) is 0 Å². The quantitative estimate of drug-likeness (QED) is 0.849. The van der Waals surface area contributed by atoms with E-state index in [2.05, 4.69) is 15.3 Å². The van der Waals surface area contributed by atoms with Crippen LogP contribution < -0.4 is 10.1 Å². The Balaban J connectivity index is 2.68. The van der Waals surface area contributed by atoms with Crippen LogP contribution in [0.15, 0.2) is 11.6 Å². The number of amides is 1. The summed E-state index contributed by atoms with van der Waals surface area (Å²) < 4.78 is 5.39. The molecule has 2 N–H and O–H groups in total. The van der Waals surface area contributed by atoms with E-state index in [4.69, 9.17) is 4.74 Å². The van der Waals surface area contributed by atoms with Gasteiger partial charge in [-0.1, -0.05) is 27.7 Å². The molecule has 0 saturated heterocycles. The van der Waals surface area contributed by atoms with Gasteiger partial charge in [0.1, 0.15) is 16.8 Å². The summed E-state index contributed by atoms with van der Waals surface area (Å²) in [6.07, 6.45) is 1.35. The fourth-order valence-electron chi connectivity index (χ4n) is 2.55. The Morgan fingerprint density at radius 2 is 2.12 bits per heavy atom. The molecule has 25 heavy (non-hydrogen) atoms. The first-order chi connectivity index (χ1) is 11.7. The van der Waals surface area contributed by atoms with Crippen LogP contribution in [-0.2, 0) is 11.2 Å². The number of nitrogens with one attached hydrogen (secondary N) is 1. The third-order valence-electron chi connectivity index (χ3n) is 3.94. The van der Waals surface area contributed by atoms with Crippen LogP contribution in [0.25, 0.3) is 0 Å². The SMILES string of the molecule is CCc1c(C)nc(OC)c(NC(=O)C(C)(C)C)c1C(O)c1nccs1. The molecule has 1 amide bonds. The van der Waals surface area contributed by atoms with E-state index in [1.165, 1.54) is 18.4 Å². The van der Waals surface area contributed by atoms with E-state index in [1.54, 1.807) is 6.20 Å². The van der Waals surface area contributed by atoms with Gasteiger partial charge in [0.2, 0.25) is 11.8 Å². The van der Waals surface area contributed by atoms with E-state index in [1.807, 2.05) is 40.0 Å². The molecule has 0 fully saturated rings. The Bertz CT molecular complexity index is 752. The molecule has 6 nitrogen and oxygen atoms in total. The smallest absolute Gasteiger partial charge is 0.238 e.